The second-order valence-corrected chi connectivity index (χ2v) is 5.11. The maximum absolute atomic E-state index is 12.2. The van der Waals surface area contributed by atoms with Crippen LogP contribution in [0.15, 0.2) is 0 Å². The quantitative estimate of drug-likeness (QED) is 0.777. The summed E-state index contributed by atoms with van der Waals surface area (Å²) in [4.78, 5) is 27.8. The lowest BCUT2D eigenvalue weighted by Crippen LogP contribution is -2.51. The van der Waals surface area contributed by atoms with Crippen LogP contribution >= 0.6 is 0 Å². The Kier molecular flexibility index (Phi) is 6.84. The molecule has 2 N–H and O–H groups in total. The summed E-state index contributed by atoms with van der Waals surface area (Å²) in [6.07, 6.45) is 3.05. The fourth-order valence-electron chi connectivity index (χ4n) is 2.48. The highest BCUT2D eigenvalue weighted by molar-refractivity contribution is 5.80. The number of nitrogens with two attached hydrogens (primary N) is 1. The number of amides is 2. The SMILES string of the molecule is CCC(CC)C(=O)N1CCN(C(=O)CCCN)CC1. The molecule has 0 radical (unpaired) electrons. The summed E-state index contributed by atoms with van der Waals surface area (Å²) < 4.78 is 0. The van der Waals surface area contributed by atoms with Crippen LogP contribution in [0.25, 0.3) is 0 Å². The minimum Gasteiger partial charge on any atom is -0.339 e. The first kappa shape index (κ1) is 16.0. The molecule has 0 spiro atoms. The van der Waals surface area contributed by atoms with Crippen molar-refractivity contribution in [2.75, 3.05) is 32.7 Å². The summed E-state index contributed by atoms with van der Waals surface area (Å²) in [7, 11) is 0. The van der Waals surface area contributed by atoms with E-state index in [2.05, 4.69) is 13.8 Å². The van der Waals surface area contributed by atoms with Gasteiger partial charge in [0.15, 0.2) is 0 Å². The highest BCUT2D eigenvalue weighted by atomic mass is 16.2. The van der Waals surface area contributed by atoms with Gasteiger partial charge in [-0.05, 0) is 25.8 Å². The molecule has 0 aromatic rings. The Morgan fingerprint density at radius 3 is 2.05 bits per heavy atom. The number of hydrogen-bond acceptors (Lipinski definition) is 3. The van der Waals surface area contributed by atoms with Gasteiger partial charge in [0.1, 0.15) is 0 Å². The largest absolute Gasteiger partial charge is 0.339 e. The van der Waals surface area contributed by atoms with Crippen LogP contribution < -0.4 is 5.73 Å². The predicted octanol–water partition coefficient (Wildman–Crippen LogP) is 0.832. The minimum absolute atomic E-state index is 0.138. The highest BCUT2D eigenvalue weighted by Crippen LogP contribution is 2.14. The highest BCUT2D eigenvalue weighted by Gasteiger charge is 2.26. The lowest BCUT2D eigenvalue weighted by molar-refractivity contribution is -0.142. The Hall–Kier alpha value is -1.10. The molecule has 1 aliphatic heterocycles. The molecule has 0 aromatic carbocycles. The Labute approximate surface area is 116 Å². The van der Waals surface area contributed by atoms with Crippen LogP contribution in [0, 0.1) is 5.92 Å². The van der Waals surface area contributed by atoms with E-state index >= 15 is 0 Å². The van der Waals surface area contributed by atoms with Crippen molar-refractivity contribution in [2.45, 2.75) is 39.5 Å². The number of nitrogens with zero attached hydrogens (tertiary/aromatic N) is 2. The topological polar surface area (TPSA) is 66.6 Å². The monoisotopic (exact) mass is 269 g/mol. The van der Waals surface area contributed by atoms with Gasteiger partial charge in [0.05, 0.1) is 0 Å². The van der Waals surface area contributed by atoms with E-state index in [1.54, 1.807) is 0 Å². The lowest BCUT2D eigenvalue weighted by Gasteiger charge is -2.36. The molecule has 0 atom stereocenters. The molecule has 1 aliphatic rings. The average molecular weight is 269 g/mol. The summed E-state index contributed by atoms with van der Waals surface area (Å²) in [5.41, 5.74) is 5.41. The van der Waals surface area contributed by atoms with Crippen LogP contribution in [0.2, 0.25) is 0 Å². The van der Waals surface area contributed by atoms with Crippen LogP contribution in [-0.2, 0) is 9.59 Å². The van der Waals surface area contributed by atoms with E-state index in [-0.39, 0.29) is 17.7 Å². The van der Waals surface area contributed by atoms with Gasteiger partial charge in [-0.2, -0.15) is 0 Å². The second-order valence-electron chi connectivity index (χ2n) is 5.11. The zero-order valence-electron chi connectivity index (χ0n) is 12.2. The Morgan fingerprint density at radius 1 is 1.05 bits per heavy atom. The Morgan fingerprint density at radius 2 is 1.58 bits per heavy atom. The standard InChI is InChI=1S/C14H27N3O2/c1-3-12(4-2)14(19)17-10-8-16(9-11-17)13(18)6-5-7-15/h12H,3-11,15H2,1-2H3. The third-order valence-electron chi connectivity index (χ3n) is 3.87. The first-order chi connectivity index (χ1) is 9.13. The van der Waals surface area contributed by atoms with Gasteiger partial charge < -0.3 is 15.5 Å². The van der Waals surface area contributed by atoms with Crippen molar-refractivity contribution in [3.8, 4) is 0 Å². The molecule has 0 bridgehead atoms. The number of piperazine rings is 1. The van der Waals surface area contributed by atoms with Crippen molar-refractivity contribution in [3.05, 3.63) is 0 Å². The van der Waals surface area contributed by atoms with Crippen LogP contribution in [-0.4, -0.2) is 54.3 Å². The third kappa shape index (κ3) is 4.49. The summed E-state index contributed by atoms with van der Waals surface area (Å²) in [5, 5.41) is 0. The molecule has 0 saturated carbocycles. The van der Waals surface area contributed by atoms with Gasteiger partial charge in [-0.3, -0.25) is 9.59 Å². The Balaban J connectivity index is 2.40. The van der Waals surface area contributed by atoms with Gasteiger partial charge in [-0.15, -0.1) is 0 Å². The molecule has 0 aliphatic carbocycles. The van der Waals surface area contributed by atoms with Crippen molar-refractivity contribution in [3.63, 3.8) is 0 Å². The van der Waals surface area contributed by atoms with E-state index in [9.17, 15) is 9.59 Å². The van der Waals surface area contributed by atoms with Crippen LogP contribution in [0.1, 0.15) is 39.5 Å². The normalized spacial score (nSPS) is 16.0. The van der Waals surface area contributed by atoms with Crippen molar-refractivity contribution < 1.29 is 9.59 Å². The number of carbonyl (C=O) groups excluding carboxylic acids is 2. The summed E-state index contributed by atoms with van der Waals surface area (Å²) in [5.74, 6) is 0.554. The van der Waals surface area contributed by atoms with Crippen molar-refractivity contribution in [1.82, 2.24) is 9.80 Å². The van der Waals surface area contributed by atoms with E-state index in [1.807, 2.05) is 9.80 Å². The number of rotatable bonds is 6. The lowest BCUT2D eigenvalue weighted by atomic mass is 10.0. The fraction of sp³-hybridized carbons (Fsp3) is 0.857. The van der Waals surface area contributed by atoms with E-state index in [0.29, 0.717) is 39.1 Å². The molecule has 5 heteroatoms. The van der Waals surface area contributed by atoms with Crippen LogP contribution in [0.5, 0.6) is 0 Å². The summed E-state index contributed by atoms with van der Waals surface area (Å²) in [6.45, 7) is 7.33. The van der Waals surface area contributed by atoms with Gasteiger partial charge >= 0.3 is 0 Å². The predicted molar refractivity (Wildman–Crippen MR) is 75.5 cm³/mol. The van der Waals surface area contributed by atoms with E-state index in [1.165, 1.54) is 0 Å². The van der Waals surface area contributed by atoms with Gasteiger partial charge in [0.2, 0.25) is 11.8 Å². The maximum atomic E-state index is 12.2. The van der Waals surface area contributed by atoms with Gasteiger partial charge in [0, 0.05) is 38.5 Å². The molecule has 0 aromatic heterocycles. The van der Waals surface area contributed by atoms with Gasteiger partial charge in [-0.25, -0.2) is 0 Å². The number of hydrogen-bond donors (Lipinski definition) is 1. The zero-order chi connectivity index (χ0) is 14.3. The second kappa shape index (κ2) is 8.15. The molecule has 1 saturated heterocycles. The van der Waals surface area contributed by atoms with E-state index in [4.69, 9.17) is 5.73 Å². The van der Waals surface area contributed by atoms with Crippen LogP contribution in [0.3, 0.4) is 0 Å². The molecule has 1 fully saturated rings. The molecular weight excluding hydrogens is 242 g/mol. The van der Waals surface area contributed by atoms with Gasteiger partial charge in [-0.1, -0.05) is 13.8 Å². The zero-order valence-corrected chi connectivity index (χ0v) is 12.2. The smallest absolute Gasteiger partial charge is 0.225 e. The van der Waals surface area contributed by atoms with Gasteiger partial charge in [0.25, 0.3) is 0 Å². The van der Waals surface area contributed by atoms with Crippen molar-refractivity contribution >= 4 is 11.8 Å². The maximum Gasteiger partial charge on any atom is 0.225 e. The third-order valence-corrected chi connectivity index (χ3v) is 3.87. The fourth-order valence-corrected chi connectivity index (χ4v) is 2.48. The van der Waals surface area contributed by atoms with Crippen molar-refractivity contribution in [2.24, 2.45) is 11.7 Å². The number of carbonyl (C=O) groups is 2. The molecule has 1 heterocycles. The first-order valence-corrected chi connectivity index (χ1v) is 7.40. The molecule has 1 rings (SSSR count). The van der Waals surface area contributed by atoms with E-state index in [0.717, 1.165) is 19.3 Å². The molecular formula is C14H27N3O2. The molecule has 5 nitrogen and oxygen atoms in total. The summed E-state index contributed by atoms with van der Waals surface area (Å²) >= 11 is 0. The molecule has 2 amide bonds. The Bertz CT molecular complexity index is 295. The van der Waals surface area contributed by atoms with Crippen molar-refractivity contribution in [1.29, 1.82) is 0 Å². The molecule has 0 unspecified atom stereocenters. The van der Waals surface area contributed by atoms with Crippen LogP contribution in [0.4, 0.5) is 0 Å². The summed E-state index contributed by atoms with van der Waals surface area (Å²) in [6, 6.07) is 0. The average Bonchev–Trinajstić information content (AvgIpc) is 2.46. The molecule has 110 valence electrons. The minimum atomic E-state index is 0.138. The van der Waals surface area contributed by atoms with E-state index < -0.39 is 0 Å². The first-order valence-electron chi connectivity index (χ1n) is 7.40. The molecule has 19 heavy (non-hydrogen) atoms.